The molecule has 0 spiro atoms. The monoisotopic (exact) mass is 355 g/mol. The lowest BCUT2D eigenvalue weighted by Crippen LogP contribution is -2.34. The highest BCUT2D eigenvalue weighted by Gasteiger charge is 2.27. The number of carbonyl (C=O) groups is 1. The largest absolute Gasteiger partial charge is 0.497 e. The van der Waals surface area contributed by atoms with Crippen LogP contribution < -0.4 is 14.8 Å². The molecule has 2 rings (SSSR count). The second-order valence-corrected chi connectivity index (χ2v) is 6.61. The minimum Gasteiger partial charge on any atom is -0.497 e. The molecule has 3 unspecified atom stereocenters. The summed E-state index contributed by atoms with van der Waals surface area (Å²) >= 11 is 0. The van der Waals surface area contributed by atoms with Gasteiger partial charge in [0.2, 0.25) is 5.91 Å². The zero-order valence-corrected chi connectivity index (χ0v) is 16.3. The van der Waals surface area contributed by atoms with Crippen LogP contribution in [0, 0.1) is 5.92 Å². The van der Waals surface area contributed by atoms with E-state index in [4.69, 9.17) is 9.47 Å². The SMILES string of the molecule is CCC(C)C(C(=O)NC(C)c1cc(OC)ccc1OC)c1ccccc1. The van der Waals surface area contributed by atoms with Gasteiger partial charge in [-0.05, 0) is 36.6 Å². The Hall–Kier alpha value is -2.49. The number of nitrogens with one attached hydrogen (secondary N) is 1. The molecule has 2 aromatic rings. The van der Waals surface area contributed by atoms with Gasteiger partial charge in [0.05, 0.1) is 26.2 Å². The Balaban J connectivity index is 2.26. The Bertz CT molecular complexity index is 715. The fourth-order valence-electron chi connectivity index (χ4n) is 3.19. The van der Waals surface area contributed by atoms with Gasteiger partial charge in [0.15, 0.2) is 0 Å². The Morgan fingerprint density at radius 3 is 2.31 bits per heavy atom. The average molecular weight is 355 g/mol. The van der Waals surface area contributed by atoms with Crippen LogP contribution in [0.2, 0.25) is 0 Å². The molecule has 0 saturated heterocycles. The summed E-state index contributed by atoms with van der Waals surface area (Å²) in [6.07, 6.45) is 0.934. The van der Waals surface area contributed by atoms with E-state index in [0.29, 0.717) is 0 Å². The van der Waals surface area contributed by atoms with Gasteiger partial charge in [0.25, 0.3) is 0 Å². The Labute approximate surface area is 156 Å². The molecule has 3 atom stereocenters. The summed E-state index contributed by atoms with van der Waals surface area (Å²) in [5.74, 6) is 1.57. The number of ether oxygens (including phenoxy) is 2. The lowest BCUT2D eigenvalue weighted by atomic mass is 9.84. The van der Waals surface area contributed by atoms with E-state index in [-0.39, 0.29) is 23.8 Å². The van der Waals surface area contributed by atoms with Crippen LogP contribution in [0.1, 0.15) is 50.3 Å². The number of rotatable bonds is 8. The van der Waals surface area contributed by atoms with Gasteiger partial charge >= 0.3 is 0 Å². The highest BCUT2D eigenvalue weighted by molar-refractivity contribution is 5.84. The van der Waals surface area contributed by atoms with E-state index < -0.39 is 0 Å². The molecule has 4 nitrogen and oxygen atoms in total. The fourth-order valence-corrected chi connectivity index (χ4v) is 3.19. The zero-order chi connectivity index (χ0) is 19.1. The number of carbonyl (C=O) groups excluding carboxylic acids is 1. The van der Waals surface area contributed by atoms with Crippen LogP contribution in [-0.2, 0) is 4.79 Å². The molecule has 0 heterocycles. The summed E-state index contributed by atoms with van der Waals surface area (Å²) in [6.45, 7) is 6.20. The molecule has 0 fully saturated rings. The third-order valence-electron chi connectivity index (χ3n) is 4.92. The second-order valence-electron chi connectivity index (χ2n) is 6.61. The molecular formula is C22H29NO3. The van der Waals surface area contributed by atoms with Crippen LogP contribution in [0.15, 0.2) is 48.5 Å². The standard InChI is InChI=1S/C22H29NO3/c1-6-15(2)21(17-10-8-7-9-11-17)22(24)23-16(3)19-14-18(25-4)12-13-20(19)26-5/h7-16,21H,6H2,1-5H3,(H,23,24). The van der Waals surface area contributed by atoms with Gasteiger partial charge in [0.1, 0.15) is 11.5 Å². The fraction of sp³-hybridized carbons (Fsp3) is 0.409. The topological polar surface area (TPSA) is 47.6 Å². The van der Waals surface area contributed by atoms with Crippen molar-refractivity contribution in [2.45, 2.75) is 39.2 Å². The predicted octanol–water partition coefficient (Wildman–Crippen LogP) is 4.71. The van der Waals surface area contributed by atoms with E-state index >= 15 is 0 Å². The summed E-state index contributed by atoms with van der Waals surface area (Å²) < 4.78 is 10.8. The van der Waals surface area contributed by atoms with E-state index in [1.165, 1.54) is 0 Å². The third-order valence-corrected chi connectivity index (χ3v) is 4.92. The second kappa shape index (κ2) is 9.27. The number of benzene rings is 2. The number of hydrogen-bond acceptors (Lipinski definition) is 3. The first-order valence-electron chi connectivity index (χ1n) is 9.09. The van der Waals surface area contributed by atoms with E-state index in [1.54, 1.807) is 14.2 Å². The van der Waals surface area contributed by atoms with Crippen molar-refractivity contribution >= 4 is 5.91 Å². The molecule has 140 valence electrons. The lowest BCUT2D eigenvalue weighted by Gasteiger charge is -2.26. The van der Waals surface area contributed by atoms with Gasteiger partial charge in [-0.2, -0.15) is 0 Å². The molecule has 0 aliphatic heterocycles. The number of hydrogen-bond donors (Lipinski definition) is 1. The third kappa shape index (κ3) is 4.57. The molecule has 1 N–H and O–H groups in total. The first kappa shape index (κ1) is 19.8. The number of amides is 1. The van der Waals surface area contributed by atoms with Crippen LogP contribution in [0.5, 0.6) is 11.5 Å². The minimum absolute atomic E-state index is 0.0305. The highest BCUT2D eigenvalue weighted by Crippen LogP contribution is 2.31. The quantitative estimate of drug-likeness (QED) is 0.746. The smallest absolute Gasteiger partial charge is 0.228 e. The first-order valence-corrected chi connectivity index (χ1v) is 9.09. The van der Waals surface area contributed by atoms with Crippen LogP contribution in [0.3, 0.4) is 0 Å². The highest BCUT2D eigenvalue weighted by atomic mass is 16.5. The molecule has 0 aromatic heterocycles. The van der Waals surface area contributed by atoms with Crippen molar-refractivity contribution in [2.24, 2.45) is 5.92 Å². The van der Waals surface area contributed by atoms with Gasteiger partial charge in [-0.3, -0.25) is 4.79 Å². The summed E-state index contributed by atoms with van der Waals surface area (Å²) in [5.41, 5.74) is 1.94. The molecule has 0 radical (unpaired) electrons. The normalized spacial score (nSPS) is 14.2. The van der Waals surface area contributed by atoms with Crippen molar-refractivity contribution in [3.8, 4) is 11.5 Å². The predicted molar refractivity (Wildman–Crippen MR) is 105 cm³/mol. The van der Waals surface area contributed by atoms with Gasteiger partial charge in [-0.1, -0.05) is 50.6 Å². The van der Waals surface area contributed by atoms with E-state index in [0.717, 1.165) is 29.0 Å². The van der Waals surface area contributed by atoms with E-state index in [2.05, 4.69) is 19.2 Å². The lowest BCUT2D eigenvalue weighted by molar-refractivity contribution is -0.124. The molecule has 0 aliphatic rings. The van der Waals surface area contributed by atoms with Crippen molar-refractivity contribution in [1.29, 1.82) is 0 Å². The van der Waals surface area contributed by atoms with Crippen molar-refractivity contribution in [3.05, 3.63) is 59.7 Å². The van der Waals surface area contributed by atoms with Gasteiger partial charge in [0, 0.05) is 5.56 Å². The molecule has 1 amide bonds. The molecule has 0 saturated carbocycles. The molecule has 4 heteroatoms. The van der Waals surface area contributed by atoms with E-state index in [9.17, 15) is 4.79 Å². The van der Waals surface area contributed by atoms with Crippen LogP contribution in [-0.4, -0.2) is 20.1 Å². The van der Waals surface area contributed by atoms with Crippen LogP contribution >= 0.6 is 0 Å². The van der Waals surface area contributed by atoms with Gasteiger partial charge in [-0.25, -0.2) is 0 Å². The maximum atomic E-state index is 13.1. The molecule has 2 aromatic carbocycles. The summed E-state index contributed by atoms with van der Waals surface area (Å²) in [4.78, 5) is 13.1. The Kier molecular flexibility index (Phi) is 7.07. The molecular weight excluding hydrogens is 326 g/mol. The summed E-state index contributed by atoms with van der Waals surface area (Å²) in [5, 5.41) is 3.16. The zero-order valence-electron chi connectivity index (χ0n) is 16.3. The van der Waals surface area contributed by atoms with Gasteiger partial charge < -0.3 is 14.8 Å². The summed E-state index contributed by atoms with van der Waals surface area (Å²) in [7, 11) is 3.26. The maximum absolute atomic E-state index is 13.1. The first-order chi connectivity index (χ1) is 12.5. The van der Waals surface area contributed by atoms with Gasteiger partial charge in [-0.15, -0.1) is 0 Å². The average Bonchev–Trinajstić information content (AvgIpc) is 2.68. The molecule has 0 bridgehead atoms. The maximum Gasteiger partial charge on any atom is 0.228 e. The van der Waals surface area contributed by atoms with Crippen molar-refractivity contribution in [1.82, 2.24) is 5.32 Å². The Morgan fingerprint density at radius 1 is 1.04 bits per heavy atom. The summed E-state index contributed by atoms with van der Waals surface area (Å²) in [6, 6.07) is 15.4. The van der Waals surface area contributed by atoms with Crippen LogP contribution in [0.25, 0.3) is 0 Å². The molecule has 0 aliphatic carbocycles. The Morgan fingerprint density at radius 2 is 1.73 bits per heavy atom. The van der Waals surface area contributed by atoms with Crippen LogP contribution in [0.4, 0.5) is 0 Å². The van der Waals surface area contributed by atoms with E-state index in [1.807, 2.05) is 55.5 Å². The molecule has 26 heavy (non-hydrogen) atoms. The minimum atomic E-state index is -0.192. The van der Waals surface area contributed by atoms with Crippen molar-refractivity contribution < 1.29 is 14.3 Å². The van der Waals surface area contributed by atoms with Crippen molar-refractivity contribution in [2.75, 3.05) is 14.2 Å². The van der Waals surface area contributed by atoms with Crippen molar-refractivity contribution in [3.63, 3.8) is 0 Å². The number of methoxy groups -OCH3 is 2.